The van der Waals surface area contributed by atoms with Crippen LogP contribution in [0.2, 0.25) is 0 Å². The van der Waals surface area contributed by atoms with Gasteiger partial charge in [0.15, 0.2) is 0 Å². The topological polar surface area (TPSA) is 103 Å². The number of urea groups is 1. The standard InChI is InChI=1S/C14H21N3O4/c1-3-11(4-2)17(7-8-18)14(21)16-10-5-6-12(13(19)20)15-9-10/h5-6,9,11,18H,3-4,7-8H2,1-2H3,(H,16,21)(H,19,20). The molecule has 0 saturated carbocycles. The maximum absolute atomic E-state index is 12.2. The lowest BCUT2D eigenvalue weighted by molar-refractivity contribution is 0.0690. The van der Waals surface area contributed by atoms with Crippen LogP contribution in [0.25, 0.3) is 0 Å². The fraction of sp³-hybridized carbons (Fsp3) is 0.500. The number of carbonyl (C=O) groups is 2. The van der Waals surface area contributed by atoms with Crippen molar-refractivity contribution in [2.45, 2.75) is 32.7 Å². The SMILES string of the molecule is CCC(CC)N(CCO)C(=O)Nc1ccc(C(=O)O)nc1. The number of anilines is 1. The van der Waals surface area contributed by atoms with Crippen molar-refractivity contribution in [3.05, 3.63) is 24.0 Å². The molecule has 7 heteroatoms. The number of aromatic carboxylic acids is 1. The van der Waals surface area contributed by atoms with Crippen LogP contribution in [0.15, 0.2) is 18.3 Å². The number of aliphatic hydroxyl groups excluding tert-OH is 1. The summed E-state index contributed by atoms with van der Waals surface area (Å²) in [6, 6.07) is 2.52. The second kappa shape index (κ2) is 8.21. The molecule has 21 heavy (non-hydrogen) atoms. The predicted molar refractivity (Wildman–Crippen MR) is 78.4 cm³/mol. The number of aromatic nitrogens is 1. The van der Waals surface area contributed by atoms with E-state index in [1.807, 2.05) is 13.8 Å². The third kappa shape index (κ3) is 4.71. The fourth-order valence-corrected chi connectivity index (χ4v) is 2.08. The van der Waals surface area contributed by atoms with Crippen molar-refractivity contribution in [1.82, 2.24) is 9.88 Å². The summed E-state index contributed by atoms with van der Waals surface area (Å²) in [5, 5.41) is 20.5. The van der Waals surface area contributed by atoms with Crippen molar-refractivity contribution in [2.24, 2.45) is 0 Å². The molecule has 0 radical (unpaired) electrons. The molecule has 0 aliphatic carbocycles. The van der Waals surface area contributed by atoms with Gasteiger partial charge in [-0.1, -0.05) is 13.8 Å². The number of pyridine rings is 1. The van der Waals surface area contributed by atoms with Gasteiger partial charge < -0.3 is 20.4 Å². The summed E-state index contributed by atoms with van der Waals surface area (Å²) in [6.07, 6.45) is 2.88. The van der Waals surface area contributed by atoms with E-state index < -0.39 is 5.97 Å². The van der Waals surface area contributed by atoms with E-state index in [-0.39, 0.29) is 30.9 Å². The lowest BCUT2D eigenvalue weighted by atomic mass is 10.1. The van der Waals surface area contributed by atoms with Crippen molar-refractivity contribution in [3.8, 4) is 0 Å². The minimum atomic E-state index is -1.12. The monoisotopic (exact) mass is 295 g/mol. The molecule has 0 aliphatic heterocycles. The summed E-state index contributed by atoms with van der Waals surface area (Å²) >= 11 is 0. The van der Waals surface area contributed by atoms with Gasteiger partial charge in [-0.05, 0) is 25.0 Å². The lowest BCUT2D eigenvalue weighted by Gasteiger charge is -2.30. The number of aliphatic hydroxyl groups is 1. The largest absolute Gasteiger partial charge is 0.477 e. The molecule has 3 N–H and O–H groups in total. The van der Waals surface area contributed by atoms with Crippen LogP contribution in [0, 0.1) is 0 Å². The van der Waals surface area contributed by atoms with Crippen LogP contribution >= 0.6 is 0 Å². The first-order chi connectivity index (χ1) is 10.0. The number of carboxylic acids is 1. The average Bonchev–Trinajstić information content (AvgIpc) is 2.48. The summed E-state index contributed by atoms with van der Waals surface area (Å²) in [5.74, 6) is -1.12. The van der Waals surface area contributed by atoms with Crippen LogP contribution in [-0.2, 0) is 0 Å². The number of hydrogen-bond acceptors (Lipinski definition) is 4. The van der Waals surface area contributed by atoms with E-state index in [2.05, 4.69) is 10.3 Å². The Hall–Kier alpha value is -2.15. The highest BCUT2D eigenvalue weighted by atomic mass is 16.4. The van der Waals surface area contributed by atoms with Gasteiger partial charge in [-0.3, -0.25) is 0 Å². The molecule has 116 valence electrons. The number of nitrogens with zero attached hydrogens (tertiary/aromatic N) is 2. The number of nitrogens with one attached hydrogen (secondary N) is 1. The molecule has 1 rings (SSSR count). The minimum Gasteiger partial charge on any atom is -0.477 e. The number of hydrogen-bond donors (Lipinski definition) is 3. The van der Waals surface area contributed by atoms with E-state index in [4.69, 9.17) is 10.2 Å². The molecule has 1 aromatic heterocycles. The Balaban J connectivity index is 2.78. The second-order valence-electron chi connectivity index (χ2n) is 4.55. The highest BCUT2D eigenvalue weighted by Crippen LogP contribution is 2.12. The highest BCUT2D eigenvalue weighted by molar-refractivity contribution is 5.90. The summed E-state index contributed by atoms with van der Waals surface area (Å²) in [6.45, 7) is 4.10. The minimum absolute atomic E-state index is 0.0448. The molecule has 1 aromatic rings. The molecule has 0 aromatic carbocycles. The number of rotatable bonds is 7. The third-order valence-corrected chi connectivity index (χ3v) is 3.22. The van der Waals surface area contributed by atoms with Crippen molar-refractivity contribution in [1.29, 1.82) is 0 Å². The van der Waals surface area contributed by atoms with E-state index in [1.165, 1.54) is 18.3 Å². The predicted octanol–water partition coefficient (Wildman–Crippen LogP) is 1.79. The smallest absolute Gasteiger partial charge is 0.354 e. The molecule has 1 heterocycles. The van der Waals surface area contributed by atoms with Crippen molar-refractivity contribution in [3.63, 3.8) is 0 Å². The maximum Gasteiger partial charge on any atom is 0.354 e. The van der Waals surface area contributed by atoms with E-state index in [1.54, 1.807) is 4.90 Å². The Morgan fingerprint density at radius 3 is 2.43 bits per heavy atom. The van der Waals surface area contributed by atoms with Crippen molar-refractivity contribution >= 4 is 17.7 Å². The van der Waals surface area contributed by atoms with Crippen LogP contribution in [0.5, 0.6) is 0 Å². The molecule has 0 unspecified atom stereocenters. The van der Waals surface area contributed by atoms with E-state index in [9.17, 15) is 9.59 Å². The Labute approximate surface area is 123 Å². The van der Waals surface area contributed by atoms with Crippen LogP contribution in [0.3, 0.4) is 0 Å². The van der Waals surface area contributed by atoms with Gasteiger partial charge in [0, 0.05) is 12.6 Å². The van der Waals surface area contributed by atoms with Gasteiger partial charge in [-0.15, -0.1) is 0 Å². The first kappa shape index (κ1) is 16.9. The van der Waals surface area contributed by atoms with Crippen LogP contribution < -0.4 is 5.32 Å². The molecule has 7 nitrogen and oxygen atoms in total. The van der Waals surface area contributed by atoms with Crippen molar-refractivity contribution < 1.29 is 19.8 Å². The summed E-state index contributed by atoms with van der Waals surface area (Å²) < 4.78 is 0. The molecule has 0 spiro atoms. The molecule has 0 bridgehead atoms. The number of amides is 2. The zero-order valence-corrected chi connectivity index (χ0v) is 12.2. The summed E-state index contributed by atoms with van der Waals surface area (Å²) in [5.41, 5.74) is 0.333. The Kier molecular flexibility index (Phi) is 6.61. The van der Waals surface area contributed by atoms with Gasteiger partial charge >= 0.3 is 12.0 Å². The molecule has 0 atom stereocenters. The first-order valence-corrected chi connectivity index (χ1v) is 6.91. The van der Waals surface area contributed by atoms with Gasteiger partial charge in [0.1, 0.15) is 5.69 Å². The first-order valence-electron chi connectivity index (χ1n) is 6.91. The molecular weight excluding hydrogens is 274 g/mol. The number of carbonyl (C=O) groups excluding carboxylic acids is 1. The highest BCUT2D eigenvalue weighted by Gasteiger charge is 2.20. The van der Waals surface area contributed by atoms with E-state index >= 15 is 0 Å². The van der Waals surface area contributed by atoms with Gasteiger partial charge in [0.25, 0.3) is 0 Å². The Morgan fingerprint density at radius 2 is 2.00 bits per heavy atom. The van der Waals surface area contributed by atoms with Gasteiger partial charge in [-0.25, -0.2) is 14.6 Å². The lowest BCUT2D eigenvalue weighted by Crippen LogP contribution is -2.44. The van der Waals surface area contributed by atoms with E-state index in [0.29, 0.717) is 5.69 Å². The van der Waals surface area contributed by atoms with Crippen molar-refractivity contribution in [2.75, 3.05) is 18.5 Å². The average molecular weight is 295 g/mol. The maximum atomic E-state index is 12.2. The normalized spacial score (nSPS) is 10.5. The van der Waals surface area contributed by atoms with Crippen LogP contribution in [0.1, 0.15) is 37.2 Å². The van der Waals surface area contributed by atoms with Crippen LogP contribution in [0.4, 0.5) is 10.5 Å². The second-order valence-corrected chi connectivity index (χ2v) is 4.55. The zero-order chi connectivity index (χ0) is 15.8. The number of carboxylic acid groups (broad SMARTS) is 1. The van der Waals surface area contributed by atoms with Gasteiger partial charge in [0.05, 0.1) is 18.5 Å². The van der Waals surface area contributed by atoms with Crippen LogP contribution in [-0.4, -0.2) is 51.3 Å². The summed E-state index contributed by atoms with van der Waals surface area (Å²) in [4.78, 5) is 28.3. The molecule has 2 amide bonds. The molecule has 0 saturated heterocycles. The third-order valence-electron chi connectivity index (χ3n) is 3.22. The molecular formula is C14H21N3O4. The zero-order valence-electron chi connectivity index (χ0n) is 12.2. The Bertz CT molecular complexity index is 472. The quantitative estimate of drug-likeness (QED) is 0.711. The fourth-order valence-electron chi connectivity index (χ4n) is 2.08. The molecule has 0 aliphatic rings. The summed E-state index contributed by atoms with van der Waals surface area (Å²) in [7, 11) is 0. The van der Waals surface area contributed by atoms with Gasteiger partial charge in [-0.2, -0.15) is 0 Å². The molecule has 0 fully saturated rings. The van der Waals surface area contributed by atoms with Gasteiger partial charge in [0.2, 0.25) is 0 Å². The Morgan fingerprint density at radius 1 is 1.33 bits per heavy atom. The van der Waals surface area contributed by atoms with E-state index in [0.717, 1.165) is 12.8 Å².